The van der Waals surface area contributed by atoms with E-state index in [-0.39, 0.29) is 19.4 Å². The van der Waals surface area contributed by atoms with Crippen LogP contribution in [0.2, 0.25) is 0 Å². The molecule has 1 N–H and O–H groups in total. The minimum Gasteiger partial charge on any atom is -0.481 e. The highest BCUT2D eigenvalue weighted by Gasteiger charge is 2.37. The number of nitrogens with zero attached hydrogens (tertiary/aromatic N) is 1. The van der Waals surface area contributed by atoms with Gasteiger partial charge in [0.1, 0.15) is 0 Å². The number of carbonyl (C=O) groups is 1. The highest BCUT2D eigenvalue weighted by molar-refractivity contribution is 5.66. The summed E-state index contributed by atoms with van der Waals surface area (Å²) in [6.07, 6.45) is 1.32. The van der Waals surface area contributed by atoms with Gasteiger partial charge in [-0.1, -0.05) is 0 Å². The van der Waals surface area contributed by atoms with Gasteiger partial charge in [-0.05, 0) is 19.4 Å². The molecule has 1 fully saturated rings. The third-order valence-corrected chi connectivity index (χ3v) is 2.36. The molecular weight excluding hydrogens is 192 g/mol. The number of alkyl halides is 2. The number of hydrogen-bond acceptors (Lipinski definition) is 2. The molecule has 5 heteroatoms. The van der Waals surface area contributed by atoms with Crippen molar-refractivity contribution in [2.24, 2.45) is 0 Å². The monoisotopic (exact) mass is 207 g/mol. The minimum atomic E-state index is -2.53. The number of unbranched alkanes of at least 4 members (excludes halogenated alkanes) is 1. The van der Waals surface area contributed by atoms with Crippen LogP contribution in [0.4, 0.5) is 8.78 Å². The van der Waals surface area contributed by atoms with Crippen LogP contribution in [0.3, 0.4) is 0 Å². The number of carboxylic acid groups (broad SMARTS) is 1. The molecule has 3 nitrogen and oxygen atoms in total. The minimum absolute atomic E-state index is 0.0636. The van der Waals surface area contributed by atoms with E-state index in [9.17, 15) is 13.6 Å². The molecule has 0 unspecified atom stereocenters. The Bertz CT molecular complexity index is 209. The van der Waals surface area contributed by atoms with Crippen LogP contribution < -0.4 is 0 Å². The second-order valence-corrected chi connectivity index (χ2v) is 3.73. The van der Waals surface area contributed by atoms with Crippen LogP contribution >= 0.6 is 0 Å². The fourth-order valence-electron chi connectivity index (χ4n) is 1.61. The predicted octanol–water partition coefficient (Wildman–Crippen LogP) is 1.58. The van der Waals surface area contributed by atoms with Gasteiger partial charge in [-0.25, -0.2) is 8.78 Å². The molecule has 82 valence electrons. The quantitative estimate of drug-likeness (QED) is 0.696. The summed E-state index contributed by atoms with van der Waals surface area (Å²) in [4.78, 5) is 11.9. The zero-order chi connectivity index (χ0) is 10.6. The van der Waals surface area contributed by atoms with Crippen molar-refractivity contribution < 1.29 is 18.7 Å². The summed E-state index contributed by atoms with van der Waals surface area (Å²) in [6.45, 7) is 0.850. The SMILES string of the molecule is O=C(O)CCCCN1CCC(F)(F)C1. The van der Waals surface area contributed by atoms with Gasteiger partial charge >= 0.3 is 5.97 Å². The molecule has 0 amide bonds. The van der Waals surface area contributed by atoms with E-state index in [2.05, 4.69) is 0 Å². The molecule has 1 aliphatic heterocycles. The normalized spacial score (nSPS) is 21.3. The fourth-order valence-corrected chi connectivity index (χ4v) is 1.61. The number of hydrogen-bond donors (Lipinski definition) is 1. The first-order valence-corrected chi connectivity index (χ1v) is 4.82. The van der Waals surface area contributed by atoms with Crippen LogP contribution in [0, 0.1) is 0 Å². The fraction of sp³-hybridized carbons (Fsp3) is 0.889. The van der Waals surface area contributed by atoms with E-state index in [4.69, 9.17) is 5.11 Å². The second-order valence-electron chi connectivity index (χ2n) is 3.73. The lowest BCUT2D eigenvalue weighted by Gasteiger charge is -2.14. The van der Waals surface area contributed by atoms with Gasteiger partial charge in [0.25, 0.3) is 5.92 Å². The first-order valence-electron chi connectivity index (χ1n) is 4.82. The predicted molar refractivity (Wildman–Crippen MR) is 47.5 cm³/mol. The molecule has 0 atom stereocenters. The van der Waals surface area contributed by atoms with E-state index in [0.29, 0.717) is 25.9 Å². The van der Waals surface area contributed by atoms with Crippen molar-refractivity contribution in [3.05, 3.63) is 0 Å². The van der Waals surface area contributed by atoms with Gasteiger partial charge < -0.3 is 5.11 Å². The van der Waals surface area contributed by atoms with Crippen LogP contribution in [0.5, 0.6) is 0 Å². The summed E-state index contributed by atoms with van der Waals surface area (Å²) in [6, 6.07) is 0. The first-order chi connectivity index (χ1) is 6.49. The van der Waals surface area contributed by atoms with E-state index in [1.807, 2.05) is 0 Å². The van der Waals surface area contributed by atoms with Crippen LogP contribution in [0.25, 0.3) is 0 Å². The maximum absolute atomic E-state index is 12.7. The second kappa shape index (κ2) is 4.68. The molecule has 0 bridgehead atoms. The van der Waals surface area contributed by atoms with Gasteiger partial charge in [0, 0.05) is 19.4 Å². The van der Waals surface area contributed by atoms with Crippen molar-refractivity contribution in [3.8, 4) is 0 Å². The highest BCUT2D eigenvalue weighted by atomic mass is 19.3. The topological polar surface area (TPSA) is 40.5 Å². The van der Waals surface area contributed by atoms with E-state index in [1.165, 1.54) is 0 Å². The molecule has 0 aromatic heterocycles. The van der Waals surface area contributed by atoms with Crippen LogP contribution in [-0.4, -0.2) is 41.5 Å². The smallest absolute Gasteiger partial charge is 0.303 e. The van der Waals surface area contributed by atoms with Crippen molar-refractivity contribution >= 4 is 5.97 Å². The Morgan fingerprint density at radius 3 is 2.64 bits per heavy atom. The Labute approximate surface area is 81.7 Å². The van der Waals surface area contributed by atoms with Crippen molar-refractivity contribution in [2.45, 2.75) is 31.6 Å². The van der Waals surface area contributed by atoms with Crippen LogP contribution in [-0.2, 0) is 4.79 Å². The molecule has 0 aromatic rings. The zero-order valence-corrected chi connectivity index (χ0v) is 8.01. The summed E-state index contributed by atoms with van der Waals surface area (Å²) >= 11 is 0. The van der Waals surface area contributed by atoms with E-state index in [0.717, 1.165) is 0 Å². The molecule has 0 spiro atoms. The Morgan fingerprint density at radius 1 is 1.43 bits per heavy atom. The summed E-state index contributed by atoms with van der Waals surface area (Å²) in [7, 11) is 0. The van der Waals surface area contributed by atoms with Crippen molar-refractivity contribution in [1.82, 2.24) is 4.90 Å². The Kier molecular flexibility index (Phi) is 3.80. The third kappa shape index (κ3) is 4.00. The van der Waals surface area contributed by atoms with Gasteiger partial charge in [-0.15, -0.1) is 0 Å². The molecule has 1 rings (SSSR count). The van der Waals surface area contributed by atoms with Gasteiger partial charge in [-0.2, -0.15) is 0 Å². The average molecular weight is 207 g/mol. The average Bonchev–Trinajstić information content (AvgIpc) is 2.39. The lowest BCUT2D eigenvalue weighted by atomic mass is 10.2. The van der Waals surface area contributed by atoms with E-state index >= 15 is 0 Å². The molecule has 0 aliphatic carbocycles. The van der Waals surface area contributed by atoms with E-state index in [1.54, 1.807) is 4.90 Å². The largest absolute Gasteiger partial charge is 0.481 e. The number of aliphatic carboxylic acids is 1. The van der Waals surface area contributed by atoms with Gasteiger partial charge in [0.05, 0.1) is 6.54 Å². The Morgan fingerprint density at radius 2 is 2.14 bits per heavy atom. The summed E-state index contributed by atoms with van der Waals surface area (Å²) in [5.41, 5.74) is 0. The number of carboxylic acids is 1. The first kappa shape index (κ1) is 11.4. The molecule has 0 aromatic carbocycles. The Balaban J connectivity index is 2.06. The number of likely N-dealkylation sites (tertiary alicyclic amines) is 1. The molecule has 14 heavy (non-hydrogen) atoms. The molecule has 0 radical (unpaired) electrons. The number of halogens is 2. The summed E-state index contributed by atoms with van der Waals surface area (Å²) in [5.74, 6) is -3.36. The summed E-state index contributed by atoms with van der Waals surface area (Å²) < 4.78 is 25.4. The Hall–Kier alpha value is -0.710. The number of rotatable bonds is 5. The van der Waals surface area contributed by atoms with Crippen LogP contribution in [0.1, 0.15) is 25.7 Å². The van der Waals surface area contributed by atoms with Crippen molar-refractivity contribution in [1.29, 1.82) is 0 Å². The lowest BCUT2D eigenvalue weighted by Crippen LogP contribution is -2.26. The lowest BCUT2D eigenvalue weighted by molar-refractivity contribution is -0.137. The highest BCUT2D eigenvalue weighted by Crippen LogP contribution is 2.26. The standard InChI is InChI=1S/C9H15F2NO2/c10-9(11)4-6-12(7-9)5-2-1-3-8(13)14/h1-7H2,(H,13,14). The maximum Gasteiger partial charge on any atom is 0.303 e. The van der Waals surface area contributed by atoms with Gasteiger partial charge in [-0.3, -0.25) is 9.69 Å². The molecule has 0 saturated carbocycles. The third-order valence-electron chi connectivity index (χ3n) is 2.36. The van der Waals surface area contributed by atoms with Gasteiger partial charge in [0.2, 0.25) is 0 Å². The van der Waals surface area contributed by atoms with Crippen molar-refractivity contribution in [2.75, 3.05) is 19.6 Å². The molecule has 1 aliphatic rings. The van der Waals surface area contributed by atoms with Gasteiger partial charge in [0.15, 0.2) is 0 Å². The van der Waals surface area contributed by atoms with Crippen LogP contribution in [0.15, 0.2) is 0 Å². The summed E-state index contributed by atoms with van der Waals surface area (Å²) in [5, 5.41) is 8.35. The maximum atomic E-state index is 12.7. The molecular formula is C9H15F2NO2. The van der Waals surface area contributed by atoms with E-state index < -0.39 is 11.9 Å². The zero-order valence-electron chi connectivity index (χ0n) is 8.01. The molecule has 1 heterocycles. The molecule has 1 saturated heterocycles. The van der Waals surface area contributed by atoms with Crippen molar-refractivity contribution in [3.63, 3.8) is 0 Å².